The Bertz CT molecular complexity index is 919. The maximum atomic E-state index is 13.5. The first-order valence-electron chi connectivity index (χ1n) is 7.55. The minimum absolute atomic E-state index is 0.0278. The van der Waals surface area contributed by atoms with Crippen LogP contribution in [0.4, 0.5) is 13.2 Å². The largest absolute Gasteiger partial charge is 0.497 e. The maximum absolute atomic E-state index is 13.5. The molecule has 0 N–H and O–H groups in total. The highest BCUT2D eigenvalue weighted by Crippen LogP contribution is 2.39. The van der Waals surface area contributed by atoms with Crippen molar-refractivity contribution in [3.8, 4) is 22.8 Å². The molecule has 3 rings (SSSR count). The van der Waals surface area contributed by atoms with Crippen LogP contribution in [-0.4, -0.2) is 29.0 Å². The van der Waals surface area contributed by atoms with Crippen molar-refractivity contribution in [3.05, 3.63) is 36.0 Å². The molecule has 0 bridgehead atoms. The van der Waals surface area contributed by atoms with Gasteiger partial charge < -0.3 is 9.47 Å². The summed E-state index contributed by atoms with van der Waals surface area (Å²) in [4.78, 5) is 4.40. The second kappa shape index (κ2) is 6.27. The second-order valence-corrected chi connectivity index (χ2v) is 5.32. The van der Waals surface area contributed by atoms with Crippen LogP contribution >= 0.6 is 0 Å². The molecule has 2 aromatic heterocycles. The van der Waals surface area contributed by atoms with E-state index in [1.54, 1.807) is 25.1 Å². The minimum Gasteiger partial charge on any atom is -0.497 e. The van der Waals surface area contributed by atoms with E-state index in [2.05, 4.69) is 10.1 Å². The third-order valence-corrected chi connectivity index (χ3v) is 3.90. The summed E-state index contributed by atoms with van der Waals surface area (Å²) in [7, 11) is 2.93. The predicted molar refractivity (Wildman–Crippen MR) is 86.7 cm³/mol. The number of pyridine rings is 1. The van der Waals surface area contributed by atoms with Crippen LogP contribution in [0.5, 0.6) is 11.5 Å². The SMILES string of the molecule is CCn1ncc2c(C(F)(F)F)cc(-c3cc(OC)ccc3OC)nc21. The summed E-state index contributed by atoms with van der Waals surface area (Å²) >= 11 is 0. The van der Waals surface area contributed by atoms with Gasteiger partial charge in [-0.05, 0) is 31.2 Å². The second-order valence-electron chi connectivity index (χ2n) is 5.32. The molecule has 0 unspecified atom stereocenters. The van der Waals surface area contributed by atoms with Gasteiger partial charge in [-0.15, -0.1) is 0 Å². The van der Waals surface area contributed by atoms with E-state index in [1.165, 1.54) is 25.1 Å². The molecule has 0 aliphatic carbocycles. The zero-order valence-corrected chi connectivity index (χ0v) is 13.9. The number of hydrogen-bond donors (Lipinski definition) is 0. The molecule has 0 amide bonds. The van der Waals surface area contributed by atoms with Crippen molar-refractivity contribution >= 4 is 11.0 Å². The molecular formula is C17H16F3N3O2. The van der Waals surface area contributed by atoms with Crippen molar-refractivity contribution in [1.82, 2.24) is 14.8 Å². The first-order chi connectivity index (χ1) is 11.9. The van der Waals surface area contributed by atoms with Crippen molar-refractivity contribution in [1.29, 1.82) is 0 Å². The fourth-order valence-electron chi connectivity index (χ4n) is 2.67. The van der Waals surface area contributed by atoms with Crippen LogP contribution in [0.3, 0.4) is 0 Å². The van der Waals surface area contributed by atoms with Gasteiger partial charge in [-0.25, -0.2) is 9.67 Å². The molecule has 0 aliphatic heterocycles. The van der Waals surface area contributed by atoms with E-state index in [1.807, 2.05) is 0 Å². The molecule has 5 nitrogen and oxygen atoms in total. The number of nitrogens with zero attached hydrogens (tertiary/aromatic N) is 3. The molecule has 25 heavy (non-hydrogen) atoms. The molecule has 0 spiro atoms. The molecule has 8 heteroatoms. The molecule has 3 aromatic rings. The fraction of sp³-hybridized carbons (Fsp3) is 0.294. The summed E-state index contributed by atoms with van der Waals surface area (Å²) in [5, 5.41) is 3.97. The molecule has 2 heterocycles. The van der Waals surface area contributed by atoms with Gasteiger partial charge in [0, 0.05) is 12.1 Å². The van der Waals surface area contributed by atoms with Crippen LogP contribution in [0, 0.1) is 0 Å². The number of rotatable bonds is 4. The lowest BCUT2D eigenvalue weighted by atomic mass is 10.1. The highest BCUT2D eigenvalue weighted by atomic mass is 19.4. The van der Waals surface area contributed by atoms with Crippen LogP contribution < -0.4 is 9.47 Å². The third-order valence-electron chi connectivity index (χ3n) is 3.90. The van der Waals surface area contributed by atoms with Crippen LogP contribution in [-0.2, 0) is 12.7 Å². The molecular weight excluding hydrogens is 335 g/mol. The Labute approximate surface area is 142 Å². The number of hydrogen-bond acceptors (Lipinski definition) is 4. The van der Waals surface area contributed by atoms with Crippen molar-refractivity contribution in [3.63, 3.8) is 0 Å². The van der Waals surface area contributed by atoms with E-state index in [-0.39, 0.29) is 16.7 Å². The van der Waals surface area contributed by atoms with Gasteiger partial charge in [-0.2, -0.15) is 18.3 Å². The molecule has 0 fully saturated rings. The van der Waals surface area contributed by atoms with Crippen molar-refractivity contribution < 1.29 is 22.6 Å². The Kier molecular flexibility index (Phi) is 4.28. The molecule has 132 valence electrons. The summed E-state index contributed by atoms with van der Waals surface area (Å²) < 4.78 is 52.5. The molecule has 0 saturated heterocycles. The maximum Gasteiger partial charge on any atom is 0.417 e. The van der Waals surface area contributed by atoms with Gasteiger partial charge in [0.25, 0.3) is 0 Å². The van der Waals surface area contributed by atoms with Gasteiger partial charge in [0.15, 0.2) is 5.65 Å². The Balaban J connectivity index is 2.34. The number of benzene rings is 1. The molecule has 0 saturated carbocycles. The summed E-state index contributed by atoms with van der Waals surface area (Å²) in [6.45, 7) is 2.20. The van der Waals surface area contributed by atoms with Gasteiger partial charge in [-0.1, -0.05) is 0 Å². The lowest BCUT2D eigenvalue weighted by Crippen LogP contribution is -2.08. The lowest BCUT2D eigenvalue weighted by molar-refractivity contribution is -0.136. The average Bonchev–Trinajstić information content (AvgIpc) is 3.02. The summed E-state index contributed by atoms with van der Waals surface area (Å²) in [5.74, 6) is 0.901. The number of aromatic nitrogens is 3. The number of ether oxygens (including phenoxy) is 2. The van der Waals surface area contributed by atoms with E-state index in [0.717, 1.165) is 6.07 Å². The van der Waals surface area contributed by atoms with Gasteiger partial charge in [0.2, 0.25) is 0 Å². The zero-order valence-electron chi connectivity index (χ0n) is 13.9. The Morgan fingerprint density at radius 1 is 1.12 bits per heavy atom. The predicted octanol–water partition coefficient (Wildman–Crippen LogP) is 4.15. The van der Waals surface area contributed by atoms with Crippen LogP contribution in [0.1, 0.15) is 12.5 Å². The number of methoxy groups -OCH3 is 2. The van der Waals surface area contributed by atoms with Crippen molar-refractivity contribution in [2.24, 2.45) is 0 Å². The quantitative estimate of drug-likeness (QED) is 0.708. The standard InChI is InChI=1S/C17H16F3N3O2/c1-4-23-16-12(9-21-23)13(17(18,19)20)8-14(22-16)11-7-10(24-2)5-6-15(11)25-3/h5-9H,4H2,1-3H3. The Morgan fingerprint density at radius 3 is 2.48 bits per heavy atom. The first-order valence-corrected chi connectivity index (χ1v) is 7.55. The highest BCUT2D eigenvalue weighted by molar-refractivity contribution is 5.84. The first kappa shape index (κ1) is 17.1. The summed E-state index contributed by atoms with van der Waals surface area (Å²) in [6.07, 6.45) is -3.33. The van der Waals surface area contributed by atoms with Crippen molar-refractivity contribution in [2.75, 3.05) is 14.2 Å². The molecule has 1 aromatic carbocycles. The summed E-state index contributed by atoms with van der Waals surface area (Å²) in [6, 6.07) is 5.91. The average molecular weight is 351 g/mol. The summed E-state index contributed by atoms with van der Waals surface area (Å²) in [5.41, 5.74) is -0.0434. The van der Waals surface area contributed by atoms with E-state index < -0.39 is 11.7 Å². The minimum atomic E-state index is -4.52. The van der Waals surface area contributed by atoms with Gasteiger partial charge >= 0.3 is 6.18 Å². The topological polar surface area (TPSA) is 49.2 Å². The van der Waals surface area contributed by atoms with Crippen LogP contribution in [0.2, 0.25) is 0 Å². The monoisotopic (exact) mass is 351 g/mol. The van der Waals surface area contributed by atoms with E-state index in [9.17, 15) is 13.2 Å². The third kappa shape index (κ3) is 2.99. The van der Waals surface area contributed by atoms with Gasteiger partial charge in [0.05, 0.1) is 37.1 Å². The number of alkyl halides is 3. The van der Waals surface area contributed by atoms with Crippen LogP contribution in [0.25, 0.3) is 22.3 Å². The molecule has 0 aliphatic rings. The normalized spacial score (nSPS) is 11.8. The van der Waals surface area contributed by atoms with Crippen molar-refractivity contribution in [2.45, 2.75) is 19.6 Å². The lowest BCUT2D eigenvalue weighted by Gasteiger charge is -2.14. The number of fused-ring (bicyclic) bond motifs is 1. The molecule has 0 radical (unpaired) electrons. The van der Waals surface area contributed by atoms with E-state index in [4.69, 9.17) is 9.47 Å². The Morgan fingerprint density at radius 2 is 1.88 bits per heavy atom. The smallest absolute Gasteiger partial charge is 0.417 e. The van der Waals surface area contributed by atoms with Gasteiger partial charge in [-0.3, -0.25) is 0 Å². The fourth-order valence-corrected chi connectivity index (χ4v) is 2.67. The van der Waals surface area contributed by atoms with E-state index in [0.29, 0.717) is 23.6 Å². The molecule has 0 atom stereocenters. The zero-order chi connectivity index (χ0) is 18.2. The Hall–Kier alpha value is -2.77. The number of halogens is 3. The van der Waals surface area contributed by atoms with Crippen LogP contribution in [0.15, 0.2) is 30.5 Å². The number of aryl methyl sites for hydroxylation is 1. The highest BCUT2D eigenvalue weighted by Gasteiger charge is 2.35. The van der Waals surface area contributed by atoms with Gasteiger partial charge in [0.1, 0.15) is 11.5 Å². The van der Waals surface area contributed by atoms with E-state index >= 15 is 0 Å².